The van der Waals surface area contributed by atoms with Crippen molar-refractivity contribution in [3.63, 3.8) is 0 Å². The molecule has 2 rings (SSSR count). The van der Waals surface area contributed by atoms with Gasteiger partial charge in [-0.05, 0) is 46.2 Å². The number of amides is 2. The van der Waals surface area contributed by atoms with Gasteiger partial charge in [0.25, 0.3) is 0 Å². The van der Waals surface area contributed by atoms with Crippen LogP contribution in [0, 0.1) is 5.41 Å². The summed E-state index contributed by atoms with van der Waals surface area (Å²) in [4.78, 5) is 26.8. The molecule has 21 heavy (non-hydrogen) atoms. The highest BCUT2D eigenvalue weighted by atomic mass is 16.5. The number of hydrogen-bond acceptors (Lipinski definition) is 4. The van der Waals surface area contributed by atoms with Gasteiger partial charge in [-0.25, -0.2) is 0 Å². The molecule has 2 amide bonds. The van der Waals surface area contributed by atoms with E-state index in [0.29, 0.717) is 13.0 Å². The molecule has 1 atom stereocenters. The van der Waals surface area contributed by atoms with Gasteiger partial charge in [0.1, 0.15) is 6.04 Å². The number of methoxy groups -OCH3 is 1. The zero-order chi connectivity index (χ0) is 15.5. The summed E-state index contributed by atoms with van der Waals surface area (Å²) < 4.78 is 5.27. The van der Waals surface area contributed by atoms with E-state index in [1.807, 2.05) is 18.7 Å². The van der Waals surface area contributed by atoms with E-state index in [2.05, 4.69) is 10.6 Å². The van der Waals surface area contributed by atoms with Gasteiger partial charge < -0.3 is 20.3 Å². The summed E-state index contributed by atoms with van der Waals surface area (Å²) in [6.45, 7) is 6.76. The molecule has 0 aromatic carbocycles. The van der Waals surface area contributed by atoms with Gasteiger partial charge in [0.2, 0.25) is 11.8 Å². The number of rotatable bonds is 5. The second kappa shape index (κ2) is 6.75. The van der Waals surface area contributed by atoms with E-state index >= 15 is 0 Å². The summed E-state index contributed by atoms with van der Waals surface area (Å²) in [6, 6.07) is -0.185. The van der Waals surface area contributed by atoms with E-state index < -0.39 is 5.41 Å². The highest BCUT2D eigenvalue weighted by molar-refractivity contribution is 5.91. The van der Waals surface area contributed by atoms with Gasteiger partial charge >= 0.3 is 0 Å². The van der Waals surface area contributed by atoms with Gasteiger partial charge in [-0.15, -0.1) is 0 Å². The van der Waals surface area contributed by atoms with Gasteiger partial charge in [-0.2, -0.15) is 0 Å². The Hall–Kier alpha value is -1.14. The maximum Gasteiger partial charge on any atom is 0.245 e. The first-order valence-electron chi connectivity index (χ1n) is 7.81. The average Bonchev–Trinajstić information content (AvgIpc) is 2.81. The van der Waals surface area contributed by atoms with Crippen LogP contribution in [0.25, 0.3) is 0 Å². The van der Waals surface area contributed by atoms with E-state index in [0.717, 1.165) is 32.5 Å². The van der Waals surface area contributed by atoms with Crippen molar-refractivity contribution in [3.05, 3.63) is 0 Å². The Kier molecular flexibility index (Phi) is 5.22. The maximum absolute atomic E-state index is 12.7. The van der Waals surface area contributed by atoms with Crippen LogP contribution in [-0.2, 0) is 14.3 Å². The van der Waals surface area contributed by atoms with Crippen molar-refractivity contribution in [2.24, 2.45) is 5.41 Å². The summed E-state index contributed by atoms with van der Waals surface area (Å²) in [5.41, 5.74) is -0.495. The largest absolute Gasteiger partial charge is 0.384 e. The van der Waals surface area contributed by atoms with Crippen molar-refractivity contribution >= 4 is 11.8 Å². The third kappa shape index (κ3) is 3.37. The lowest BCUT2D eigenvalue weighted by molar-refractivity contribution is -0.140. The van der Waals surface area contributed by atoms with Crippen LogP contribution in [0.15, 0.2) is 0 Å². The van der Waals surface area contributed by atoms with Crippen LogP contribution in [0.1, 0.15) is 33.1 Å². The number of carbonyl (C=O) groups is 2. The zero-order valence-corrected chi connectivity index (χ0v) is 13.3. The van der Waals surface area contributed by atoms with Crippen LogP contribution in [0.2, 0.25) is 0 Å². The second-order valence-corrected chi connectivity index (χ2v) is 6.40. The fourth-order valence-corrected chi connectivity index (χ4v) is 3.28. The minimum absolute atomic E-state index is 0.0326. The minimum atomic E-state index is -0.495. The van der Waals surface area contributed by atoms with Gasteiger partial charge in [-0.3, -0.25) is 9.59 Å². The van der Waals surface area contributed by atoms with Crippen molar-refractivity contribution in [2.75, 3.05) is 33.4 Å². The number of piperidine rings is 1. The molecule has 6 nitrogen and oxygen atoms in total. The molecule has 2 N–H and O–H groups in total. The van der Waals surface area contributed by atoms with Gasteiger partial charge in [0, 0.05) is 19.7 Å². The minimum Gasteiger partial charge on any atom is -0.384 e. The van der Waals surface area contributed by atoms with E-state index in [4.69, 9.17) is 4.74 Å². The molecule has 0 aromatic heterocycles. The Bertz CT molecular complexity index is 386. The number of nitrogens with one attached hydrogen (secondary N) is 2. The summed E-state index contributed by atoms with van der Waals surface area (Å²) in [5, 5.41) is 6.24. The summed E-state index contributed by atoms with van der Waals surface area (Å²) in [6.07, 6.45) is 2.20. The fraction of sp³-hybridized carbons (Fsp3) is 0.867. The van der Waals surface area contributed by atoms with E-state index in [9.17, 15) is 9.59 Å². The van der Waals surface area contributed by atoms with Crippen LogP contribution in [0.3, 0.4) is 0 Å². The Labute approximate surface area is 126 Å². The van der Waals surface area contributed by atoms with Crippen LogP contribution >= 0.6 is 0 Å². The molecule has 120 valence electrons. The Morgan fingerprint density at radius 2 is 2.14 bits per heavy atom. The first-order chi connectivity index (χ1) is 10.00. The normalized spacial score (nSPS) is 25.4. The van der Waals surface area contributed by atoms with Crippen molar-refractivity contribution in [3.8, 4) is 0 Å². The number of nitrogens with zero attached hydrogens (tertiary/aromatic N) is 1. The highest BCUT2D eigenvalue weighted by Crippen LogP contribution is 2.30. The average molecular weight is 297 g/mol. The lowest BCUT2D eigenvalue weighted by Crippen LogP contribution is -2.54. The summed E-state index contributed by atoms with van der Waals surface area (Å²) in [5.74, 6) is 0.00894. The predicted molar refractivity (Wildman–Crippen MR) is 79.8 cm³/mol. The van der Waals surface area contributed by atoms with Gasteiger partial charge in [-0.1, -0.05) is 0 Å². The van der Waals surface area contributed by atoms with E-state index in [-0.39, 0.29) is 23.9 Å². The molecule has 0 aliphatic carbocycles. The monoisotopic (exact) mass is 297 g/mol. The molecule has 0 aromatic rings. The number of hydrogen-bond donors (Lipinski definition) is 2. The first-order valence-corrected chi connectivity index (χ1v) is 7.81. The maximum atomic E-state index is 12.7. The number of likely N-dealkylation sites (tertiary alicyclic amines) is 1. The van der Waals surface area contributed by atoms with Gasteiger partial charge in [0.05, 0.1) is 12.0 Å². The van der Waals surface area contributed by atoms with Gasteiger partial charge in [0.15, 0.2) is 0 Å². The molecule has 2 heterocycles. The lowest BCUT2D eigenvalue weighted by Gasteiger charge is -2.36. The quantitative estimate of drug-likeness (QED) is 0.757. The first kappa shape index (κ1) is 16.2. The molecule has 1 unspecified atom stereocenters. The Balaban J connectivity index is 2.01. The third-order valence-electron chi connectivity index (χ3n) is 4.63. The van der Waals surface area contributed by atoms with Crippen molar-refractivity contribution < 1.29 is 14.3 Å². The van der Waals surface area contributed by atoms with Crippen molar-refractivity contribution in [1.29, 1.82) is 0 Å². The SMILES string of the molecule is COCC1(C(=O)NC2CCN(C(C)C)C2=O)CCNCC1. The lowest BCUT2D eigenvalue weighted by atomic mass is 9.78. The summed E-state index contributed by atoms with van der Waals surface area (Å²) >= 11 is 0. The standard InChI is InChI=1S/C15H27N3O3/c1-11(2)18-9-4-12(13(18)19)17-14(20)15(10-21-3)5-7-16-8-6-15/h11-12,16H,4-10H2,1-3H3,(H,17,20). The number of ether oxygens (including phenoxy) is 1. The molecule has 2 aliphatic heterocycles. The molecule has 2 fully saturated rings. The smallest absolute Gasteiger partial charge is 0.245 e. The summed E-state index contributed by atoms with van der Waals surface area (Å²) in [7, 11) is 1.62. The van der Waals surface area contributed by atoms with Crippen LogP contribution in [0.4, 0.5) is 0 Å². The second-order valence-electron chi connectivity index (χ2n) is 6.40. The Morgan fingerprint density at radius 3 is 2.67 bits per heavy atom. The predicted octanol–water partition coefficient (Wildman–Crippen LogP) is 0.128. The molecule has 0 saturated carbocycles. The number of carbonyl (C=O) groups excluding carboxylic acids is 2. The van der Waals surface area contributed by atoms with Crippen molar-refractivity contribution in [1.82, 2.24) is 15.5 Å². The molecule has 0 radical (unpaired) electrons. The molecule has 0 spiro atoms. The zero-order valence-electron chi connectivity index (χ0n) is 13.3. The molecule has 2 saturated heterocycles. The molecule has 0 bridgehead atoms. The van der Waals surface area contributed by atoms with E-state index in [1.54, 1.807) is 7.11 Å². The fourth-order valence-electron chi connectivity index (χ4n) is 3.28. The Morgan fingerprint density at radius 1 is 1.48 bits per heavy atom. The molecular formula is C15H27N3O3. The molecule has 6 heteroatoms. The van der Waals surface area contributed by atoms with Crippen molar-refractivity contribution in [2.45, 2.75) is 45.2 Å². The van der Waals surface area contributed by atoms with E-state index in [1.165, 1.54) is 0 Å². The molecular weight excluding hydrogens is 270 g/mol. The van der Waals surface area contributed by atoms with Crippen LogP contribution in [0.5, 0.6) is 0 Å². The molecule has 2 aliphatic rings. The topological polar surface area (TPSA) is 70.7 Å². The van der Waals surface area contributed by atoms with Crippen LogP contribution in [-0.4, -0.2) is 62.1 Å². The highest BCUT2D eigenvalue weighted by Gasteiger charge is 2.43. The third-order valence-corrected chi connectivity index (χ3v) is 4.63. The van der Waals surface area contributed by atoms with Crippen LogP contribution < -0.4 is 10.6 Å².